The van der Waals surface area contributed by atoms with Crippen LogP contribution in [0.4, 0.5) is 4.39 Å². The van der Waals surface area contributed by atoms with Gasteiger partial charge in [0, 0.05) is 17.2 Å². The summed E-state index contributed by atoms with van der Waals surface area (Å²) in [6.07, 6.45) is 3.49. The molecule has 134 valence electrons. The van der Waals surface area contributed by atoms with Crippen LogP contribution in [0.3, 0.4) is 0 Å². The molecule has 0 fully saturated rings. The smallest absolute Gasteiger partial charge is 0.250 e. The largest absolute Gasteiger partial charge is 0.330 e. The van der Waals surface area contributed by atoms with E-state index in [-0.39, 0.29) is 24.1 Å². The molecule has 1 atom stereocenters. The normalized spacial score (nSPS) is 16.2. The highest BCUT2D eigenvalue weighted by Crippen LogP contribution is 2.30. The lowest BCUT2D eigenvalue weighted by Gasteiger charge is -2.34. The molecular formula is C19H16BrClFN3O. The van der Waals surface area contributed by atoms with E-state index in [1.165, 1.54) is 12.1 Å². The number of rotatable bonds is 3. The maximum atomic E-state index is 13.2. The second-order valence-corrected chi connectivity index (χ2v) is 6.99. The van der Waals surface area contributed by atoms with Crippen molar-refractivity contribution in [3.8, 4) is 0 Å². The van der Waals surface area contributed by atoms with E-state index >= 15 is 0 Å². The van der Waals surface area contributed by atoms with Gasteiger partial charge < -0.3 is 9.47 Å². The molecule has 4 rings (SSSR count). The minimum absolute atomic E-state index is 0. The summed E-state index contributed by atoms with van der Waals surface area (Å²) in [6.45, 7) is 0.926. The summed E-state index contributed by atoms with van der Waals surface area (Å²) in [5.74, 6) is -0.272. The van der Waals surface area contributed by atoms with Gasteiger partial charge in [-0.2, -0.15) is 0 Å². The first-order chi connectivity index (χ1) is 12.1. The van der Waals surface area contributed by atoms with Gasteiger partial charge in [-0.3, -0.25) is 4.79 Å². The molecule has 0 radical (unpaired) electrons. The summed E-state index contributed by atoms with van der Waals surface area (Å²) in [7, 11) is 0. The number of amides is 1. The van der Waals surface area contributed by atoms with Gasteiger partial charge in [0.25, 0.3) is 5.91 Å². The quantitative estimate of drug-likeness (QED) is 0.613. The fraction of sp³-hybridized carbons (Fsp3) is 0.158. The summed E-state index contributed by atoms with van der Waals surface area (Å²) >= 11 is 3.47. The molecule has 1 aliphatic rings. The van der Waals surface area contributed by atoms with E-state index in [2.05, 4.69) is 20.9 Å². The summed E-state index contributed by atoms with van der Waals surface area (Å²) < 4.78 is 16.0. The highest BCUT2D eigenvalue weighted by molar-refractivity contribution is 9.10. The molecule has 0 saturated heterocycles. The number of imidazole rings is 1. The third-order valence-electron chi connectivity index (χ3n) is 4.37. The Morgan fingerprint density at radius 2 is 1.96 bits per heavy atom. The van der Waals surface area contributed by atoms with Crippen molar-refractivity contribution in [3.63, 3.8) is 0 Å². The predicted octanol–water partition coefficient (Wildman–Crippen LogP) is 4.34. The van der Waals surface area contributed by atoms with E-state index < -0.39 is 6.04 Å². The van der Waals surface area contributed by atoms with E-state index in [1.807, 2.05) is 28.8 Å². The van der Waals surface area contributed by atoms with E-state index in [4.69, 9.17) is 0 Å². The lowest BCUT2D eigenvalue weighted by molar-refractivity contribution is -0.136. The summed E-state index contributed by atoms with van der Waals surface area (Å²) in [6, 6.07) is 13.6. The number of fused-ring (bicyclic) bond motifs is 1. The standard InChI is InChI=1S/C19H15BrFN3O.ClH/c20-15-3-1-2-14(8-15)18-19(25)23(11-17-9-22-12-24(17)18)10-13-4-6-16(21)7-5-13;/h1-9,12,18H,10-11H2;1H. The van der Waals surface area contributed by atoms with Crippen LogP contribution in [0.5, 0.6) is 0 Å². The topological polar surface area (TPSA) is 38.1 Å². The lowest BCUT2D eigenvalue weighted by atomic mass is 10.0. The molecule has 1 aromatic heterocycles. The Kier molecular flexibility index (Phi) is 5.44. The van der Waals surface area contributed by atoms with Gasteiger partial charge in [-0.1, -0.05) is 40.2 Å². The SMILES string of the molecule is Cl.O=C1C(c2cccc(Br)c2)n2cncc2CN1Cc1ccc(F)cc1. The van der Waals surface area contributed by atoms with Crippen molar-refractivity contribution in [1.29, 1.82) is 0 Å². The fourth-order valence-corrected chi connectivity index (χ4v) is 3.59. The second kappa shape index (κ2) is 7.60. The average molecular weight is 437 g/mol. The molecule has 3 aromatic rings. The molecule has 1 aliphatic heterocycles. The molecule has 0 spiro atoms. The molecule has 2 heterocycles. The zero-order chi connectivity index (χ0) is 17.4. The molecule has 7 heteroatoms. The van der Waals surface area contributed by atoms with Crippen LogP contribution in [0.1, 0.15) is 22.9 Å². The molecule has 26 heavy (non-hydrogen) atoms. The van der Waals surface area contributed by atoms with Crippen molar-refractivity contribution in [1.82, 2.24) is 14.5 Å². The van der Waals surface area contributed by atoms with Crippen LogP contribution in [0.2, 0.25) is 0 Å². The van der Waals surface area contributed by atoms with Crippen LogP contribution < -0.4 is 0 Å². The van der Waals surface area contributed by atoms with E-state index in [0.29, 0.717) is 13.1 Å². The highest BCUT2D eigenvalue weighted by atomic mass is 79.9. The van der Waals surface area contributed by atoms with Crippen molar-refractivity contribution >= 4 is 34.2 Å². The van der Waals surface area contributed by atoms with Crippen LogP contribution in [0.15, 0.2) is 65.5 Å². The molecule has 0 N–H and O–H groups in total. The lowest BCUT2D eigenvalue weighted by Crippen LogP contribution is -2.42. The van der Waals surface area contributed by atoms with Gasteiger partial charge in [-0.25, -0.2) is 9.37 Å². The van der Waals surface area contributed by atoms with Crippen LogP contribution >= 0.6 is 28.3 Å². The Hall–Kier alpha value is -2.18. The second-order valence-electron chi connectivity index (χ2n) is 6.07. The number of hydrogen-bond donors (Lipinski definition) is 0. The number of carbonyl (C=O) groups excluding carboxylic acids is 1. The zero-order valence-corrected chi connectivity index (χ0v) is 16.1. The van der Waals surface area contributed by atoms with Gasteiger partial charge in [0.1, 0.15) is 11.9 Å². The summed E-state index contributed by atoms with van der Waals surface area (Å²) in [5.41, 5.74) is 2.78. The molecule has 0 bridgehead atoms. The van der Waals surface area contributed by atoms with Gasteiger partial charge in [0.05, 0.1) is 18.6 Å². The average Bonchev–Trinajstić information content (AvgIpc) is 3.05. The third-order valence-corrected chi connectivity index (χ3v) is 4.87. The van der Waals surface area contributed by atoms with Crippen molar-refractivity contribution in [3.05, 3.63) is 88.2 Å². The molecule has 4 nitrogen and oxygen atoms in total. The Morgan fingerprint density at radius 1 is 1.19 bits per heavy atom. The van der Waals surface area contributed by atoms with E-state index in [9.17, 15) is 9.18 Å². The first-order valence-corrected chi connectivity index (χ1v) is 8.70. The molecule has 1 unspecified atom stereocenters. The third kappa shape index (κ3) is 3.52. The molecule has 0 saturated carbocycles. The summed E-state index contributed by atoms with van der Waals surface area (Å²) in [4.78, 5) is 19.2. The van der Waals surface area contributed by atoms with E-state index in [0.717, 1.165) is 21.3 Å². The summed E-state index contributed by atoms with van der Waals surface area (Å²) in [5, 5.41) is 0. The number of carbonyl (C=O) groups is 1. The number of benzene rings is 2. The minimum atomic E-state index is -0.441. The number of aromatic nitrogens is 2. The fourth-order valence-electron chi connectivity index (χ4n) is 3.18. The van der Waals surface area contributed by atoms with Gasteiger partial charge in [0.15, 0.2) is 0 Å². The Morgan fingerprint density at radius 3 is 2.69 bits per heavy atom. The first kappa shape index (κ1) is 18.6. The molecular weight excluding hydrogens is 421 g/mol. The van der Waals surface area contributed by atoms with Crippen molar-refractivity contribution in [2.45, 2.75) is 19.1 Å². The maximum absolute atomic E-state index is 13.2. The number of hydrogen-bond acceptors (Lipinski definition) is 2. The van der Waals surface area contributed by atoms with Crippen molar-refractivity contribution in [2.75, 3.05) is 0 Å². The van der Waals surface area contributed by atoms with Gasteiger partial charge in [-0.15, -0.1) is 12.4 Å². The van der Waals surface area contributed by atoms with E-state index in [1.54, 1.807) is 29.6 Å². The maximum Gasteiger partial charge on any atom is 0.250 e. The number of nitrogens with zero attached hydrogens (tertiary/aromatic N) is 3. The van der Waals surface area contributed by atoms with Crippen LogP contribution in [0, 0.1) is 5.82 Å². The molecule has 1 amide bonds. The monoisotopic (exact) mass is 435 g/mol. The predicted molar refractivity (Wildman–Crippen MR) is 102 cm³/mol. The van der Waals surface area contributed by atoms with Crippen LogP contribution in [-0.4, -0.2) is 20.4 Å². The Balaban J connectivity index is 0.00000196. The minimum Gasteiger partial charge on any atom is -0.330 e. The van der Waals surface area contributed by atoms with Gasteiger partial charge >= 0.3 is 0 Å². The van der Waals surface area contributed by atoms with Crippen molar-refractivity contribution < 1.29 is 9.18 Å². The number of halogens is 3. The molecule has 0 aliphatic carbocycles. The zero-order valence-electron chi connectivity index (χ0n) is 13.7. The van der Waals surface area contributed by atoms with Gasteiger partial charge in [-0.05, 0) is 35.4 Å². The van der Waals surface area contributed by atoms with Gasteiger partial charge in [0.2, 0.25) is 0 Å². The Bertz CT molecular complexity index is 929. The van der Waals surface area contributed by atoms with Crippen LogP contribution in [0.25, 0.3) is 0 Å². The molecule has 2 aromatic carbocycles. The van der Waals surface area contributed by atoms with Crippen molar-refractivity contribution in [2.24, 2.45) is 0 Å². The highest BCUT2D eigenvalue weighted by Gasteiger charge is 2.34. The van der Waals surface area contributed by atoms with Crippen LogP contribution in [-0.2, 0) is 17.9 Å². The Labute approximate surface area is 165 Å². The first-order valence-electron chi connectivity index (χ1n) is 7.91.